The van der Waals surface area contributed by atoms with Crippen LogP contribution in [-0.4, -0.2) is 0 Å². The third kappa shape index (κ3) is 5.63. The van der Waals surface area contributed by atoms with Crippen molar-refractivity contribution >= 4 is 0 Å². The number of fused-ring (bicyclic) bond motifs is 3. The highest BCUT2D eigenvalue weighted by Crippen LogP contribution is 2.57. The maximum absolute atomic E-state index is 10.3. The predicted molar refractivity (Wildman–Crippen MR) is 174 cm³/mol. The molecule has 0 aromatic heterocycles. The van der Waals surface area contributed by atoms with Crippen molar-refractivity contribution in [2.45, 2.75) is 97.3 Å². The molecule has 0 amide bonds. The number of aryl methyl sites for hydroxylation is 4. The van der Waals surface area contributed by atoms with Crippen LogP contribution in [0.15, 0.2) is 78.9 Å². The second kappa shape index (κ2) is 12.9. The highest BCUT2D eigenvalue weighted by Gasteiger charge is 2.47. The number of benzene rings is 4. The molecule has 41 heavy (non-hydrogen) atoms. The van der Waals surface area contributed by atoms with Crippen molar-refractivity contribution in [3.63, 3.8) is 0 Å². The molecule has 0 saturated carbocycles. The van der Waals surface area contributed by atoms with Gasteiger partial charge in [0, 0.05) is 5.56 Å². The topological polar surface area (TPSA) is 23.8 Å². The summed E-state index contributed by atoms with van der Waals surface area (Å²) in [6.07, 6.45) is 12.3. The molecule has 210 valence electrons. The summed E-state index contributed by atoms with van der Waals surface area (Å²) in [5.41, 5.74) is 13.0. The Labute approximate surface area is 248 Å². The summed E-state index contributed by atoms with van der Waals surface area (Å²) in [5.74, 6) is 0. The van der Waals surface area contributed by atoms with Gasteiger partial charge in [-0.2, -0.15) is 5.26 Å². The molecule has 0 N–H and O–H groups in total. The Hall–Kier alpha value is -3.63. The number of nitriles is 1. The molecule has 1 nitrogen and oxygen atoms in total. The van der Waals surface area contributed by atoms with E-state index in [1.165, 1.54) is 95.9 Å². The molecule has 4 aromatic carbocycles. The summed E-state index contributed by atoms with van der Waals surface area (Å²) in [4.78, 5) is 0. The van der Waals surface area contributed by atoms with Gasteiger partial charge < -0.3 is 0 Å². The molecule has 0 atom stereocenters. The lowest BCUT2D eigenvalue weighted by Gasteiger charge is -2.35. The van der Waals surface area contributed by atoms with Crippen LogP contribution >= 0.6 is 0 Å². The zero-order chi connectivity index (χ0) is 28.8. The molecule has 1 aliphatic carbocycles. The lowest BCUT2D eigenvalue weighted by molar-refractivity contribution is 0.664. The molecule has 0 saturated heterocycles. The summed E-state index contributed by atoms with van der Waals surface area (Å²) in [5, 5.41) is 10.3. The van der Waals surface area contributed by atoms with Gasteiger partial charge in [-0.05, 0) is 90.1 Å². The van der Waals surface area contributed by atoms with E-state index in [1.807, 2.05) is 0 Å². The molecule has 0 unspecified atom stereocenters. The van der Waals surface area contributed by atoms with Gasteiger partial charge in [-0.3, -0.25) is 0 Å². The zero-order valence-electron chi connectivity index (χ0n) is 25.5. The van der Waals surface area contributed by atoms with Gasteiger partial charge in [0.2, 0.25) is 0 Å². The Bertz CT molecular complexity index is 1490. The van der Waals surface area contributed by atoms with Crippen molar-refractivity contribution in [1.82, 2.24) is 0 Å². The largest absolute Gasteiger partial charge is 0.192 e. The lowest BCUT2D eigenvalue weighted by atomic mass is 9.66. The lowest BCUT2D eigenvalue weighted by Crippen LogP contribution is -2.29. The number of unbranched alkanes of at least 4 members (excludes halogenated alkanes) is 6. The Kier molecular flexibility index (Phi) is 9.09. The molecule has 0 spiro atoms. The fraction of sp³-hybridized carbons (Fsp3) is 0.375. The molecule has 5 rings (SSSR count). The molecule has 1 heteroatoms. The van der Waals surface area contributed by atoms with Gasteiger partial charge in [-0.1, -0.05) is 131 Å². The smallest absolute Gasteiger partial charge is 0.0998 e. The minimum absolute atomic E-state index is 0.465. The maximum Gasteiger partial charge on any atom is 0.0998 e. The molecule has 0 aliphatic heterocycles. The molecule has 1 aliphatic rings. The van der Waals surface area contributed by atoms with Crippen molar-refractivity contribution in [2.75, 3.05) is 0 Å². The summed E-state index contributed by atoms with van der Waals surface area (Å²) in [6, 6.07) is 32.5. The van der Waals surface area contributed by atoms with Gasteiger partial charge in [-0.15, -0.1) is 0 Å². The monoisotopic (exact) mass is 539 g/mol. The first-order chi connectivity index (χ1) is 20.0. The van der Waals surface area contributed by atoms with Gasteiger partial charge in [0.05, 0.1) is 17.0 Å². The number of rotatable bonds is 12. The van der Waals surface area contributed by atoms with Crippen molar-refractivity contribution in [3.05, 3.63) is 129 Å². The van der Waals surface area contributed by atoms with E-state index in [1.54, 1.807) is 0 Å². The van der Waals surface area contributed by atoms with Crippen LogP contribution < -0.4 is 0 Å². The van der Waals surface area contributed by atoms with Crippen LogP contribution in [0.5, 0.6) is 0 Å². The average molecular weight is 540 g/mol. The van der Waals surface area contributed by atoms with E-state index in [9.17, 15) is 5.26 Å². The van der Waals surface area contributed by atoms with Crippen LogP contribution in [0.1, 0.15) is 115 Å². The number of nitrogens with zero attached hydrogens (tertiary/aromatic N) is 1. The van der Waals surface area contributed by atoms with E-state index in [0.717, 1.165) is 29.5 Å². The first kappa shape index (κ1) is 28.9. The Morgan fingerprint density at radius 2 is 1.20 bits per heavy atom. The standard InChI is InChI=1S/C40H45N/c1-5-7-9-11-15-31-17-13-19-34(26-31)40(35-20-14-18-32(27-35)16-12-10-8-6-2)37-24-29(3)21-22-36(37)39-33(28-41)23-30(4)25-38(39)40/h13-14,17-27H,5-12,15-16H2,1-4H3. The van der Waals surface area contributed by atoms with Crippen molar-refractivity contribution in [3.8, 4) is 17.2 Å². The summed E-state index contributed by atoms with van der Waals surface area (Å²) < 4.78 is 0. The highest BCUT2D eigenvalue weighted by molar-refractivity contribution is 5.90. The van der Waals surface area contributed by atoms with Crippen molar-refractivity contribution < 1.29 is 0 Å². The zero-order valence-corrected chi connectivity index (χ0v) is 25.5. The van der Waals surface area contributed by atoms with Crippen molar-refractivity contribution in [2.24, 2.45) is 0 Å². The maximum atomic E-state index is 10.3. The Morgan fingerprint density at radius 3 is 1.76 bits per heavy atom. The summed E-state index contributed by atoms with van der Waals surface area (Å²) >= 11 is 0. The van der Waals surface area contributed by atoms with Gasteiger partial charge in [0.15, 0.2) is 0 Å². The van der Waals surface area contributed by atoms with Gasteiger partial charge in [0.1, 0.15) is 0 Å². The van der Waals surface area contributed by atoms with Gasteiger partial charge >= 0.3 is 0 Å². The minimum atomic E-state index is -0.465. The third-order valence-electron chi connectivity index (χ3n) is 9.01. The predicted octanol–water partition coefficient (Wildman–Crippen LogP) is 10.8. The highest BCUT2D eigenvalue weighted by atomic mass is 14.5. The van der Waals surface area contributed by atoms with Crippen LogP contribution in [0.4, 0.5) is 0 Å². The molecule has 0 heterocycles. The summed E-state index contributed by atoms with van der Waals surface area (Å²) in [7, 11) is 0. The second-order valence-electron chi connectivity index (χ2n) is 12.2. The third-order valence-corrected chi connectivity index (χ3v) is 9.01. The Morgan fingerprint density at radius 1 is 0.610 bits per heavy atom. The van der Waals surface area contributed by atoms with E-state index < -0.39 is 5.41 Å². The normalized spacial score (nSPS) is 13.0. The Balaban J connectivity index is 1.76. The first-order valence-electron chi connectivity index (χ1n) is 15.9. The van der Waals surface area contributed by atoms with Crippen LogP contribution in [0, 0.1) is 25.2 Å². The molecule has 0 fully saturated rings. The first-order valence-corrected chi connectivity index (χ1v) is 15.9. The number of hydrogen-bond acceptors (Lipinski definition) is 1. The van der Waals surface area contributed by atoms with Crippen LogP contribution in [0.2, 0.25) is 0 Å². The number of hydrogen-bond donors (Lipinski definition) is 0. The molecule has 4 aromatic rings. The van der Waals surface area contributed by atoms with Gasteiger partial charge in [-0.25, -0.2) is 0 Å². The minimum Gasteiger partial charge on any atom is -0.192 e. The molecular weight excluding hydrogens is 494 g/mol. The molecule has 0 radical (unpaired) electrons. The second-order valence-corrected chi connectivity index (χ2v) is 12.2. The van der Waals surface area contributed by atoms with E-state index >= 15 is 0 Å². The average Bonchev–Trinajstić information content (AvgIpc) is 3.27. The van der Waals surface area contributed by atoms with Crippen LogP contribution in [0.25, 0.3) is 11.1 Å². The van der Waals surface area contributed by atoms with Crippen LogP contribution in [-0.2, 0) is 18.3 Å². The van der Waals surface area contributed by atoms with Crippen molar-refractivity contribution in [1.29, 1.82) is 5.26 Å². The van der Waals surface area contributed by atoms with E-state index in [-0.39, 0.29) is 0 Å². The van der Waals surface area contributed by atoms with E-state index in [0.29, 0.717) is 0 Å². The van der Waals surface area contributed by atoms with Crippen LogP contribution in [0.3, 0.4) is 0 Å². The molecule has 0 bridgehead atoms. The van der Waals surface area contributed by atoms with Gasteiger partial charge in [0.25, 0.3) is 0 Å². The van der Waals surface area contributed by atoms with E-state index in [4.69, 9.17) is 0 Å². The quantitative estimate of drug-likeness (QED) is 0.145. The fourth-order valence-corrected chi connectivity index (χ4v) is 7.01. The van der Waals surface area contributed by atoms with E-state index in [2.05, 4.69) is 113 Å². The SMILES string of the molecule is CCCCCCc1cccc(C2(c3cccc(CCCCCC)c3)c3cc(C)ccc3-c3c(C#N)cc(C)cc32)c1. The summed E-state index contributed by atoms with van der Waals surface area (Å²) in [6.45, 7) is 8.88. The molecular formula is C40H45N. The fourth-order valence-electron chi connectivity index (χ4n) is 7.01.